The molecule has 34 heavy (non-hydrogen) atoms. The van der Waals surface area contributed by atoms with E-state index in [9.17, 15) is 27.6 Å². The third kappa shape index (κ3) is 5.81. The van der Waals surface area contributed by atoms with Crippen LogP contribution in [-0.2, 0) is 14.4 Å². The number of amides is 3. The lowest BCUT2D eigenvalue weighted by atomic mass is 10.0. The van der Waals surface area contributed by atoms with Crippen LogP contribution in [-0.4, -0.2) is 48.9 Å². The molecule has 3 rings (SSSR count). The number of halogens is 3. The summed E-state index contributed by atoms with van der Waals surface area (Å²) in [5.74, 6) is -3.53. The monoisotopic (exact) mass is 474 g/mol. The summed E-state index contributed by atoms with van der Waals surface area (Å²) in [6, 6.07) is 15.1. The average molecular weight is 474 g/mol. The lowest BCUT2D eigenvalue weighted by Crippen LogP contribution is -2.53. The van der Waals surface area contributed by atoms with Crippen molar-refractivity contribution in [3.05, 3.63) is 65.7 Å². The molecule has 2 aromatic carbocycles. The van der Waals surface area contributed by atoms with E-state index in [-0.39, 0.29) is 0 Å². The lowest BCUT2D eigenvalue weighted by Gasteiger charge is -2.23. The Morgan fingerprint density at radius 1 is 1.03 bits per heavy atom. The maximum absolute atomic E-state index is 13.1. The van der Waals surface area contributed by atoms with Gasteiger partial charge in [0, 0.05) is 24.1 Å². The number of fused-ring (bicyclic) bond motifs is 1. The Balaban J connectivity index is 1.84. The topological polar surface area (TPSA) is 90.9 Å². The van der Waals surface area contributed by atoms with Crippen molar-refractivity contribution in [3.8, 4) is 0 Å². The minimum Gasteiger partial charge on any atom is -0.344 e. The first kappa shape index (κ1) is 24.9. The number of anilines is 1. The number of rotatable bonds is 6. The maximum Gasteiger partial charge on any atom is 0.389 e. The maximum atomic E-state index is 13.1. The molecule has 1 aliphatic rings. The van der Waals surface area contributed by atoms with E-state index in [4.69, 9.17) is 0 Å². The Morgan fingerprint density at radius 2 is 1.65 bits per heavy atom. The number of carbonyl (C=O) groups excluding carboxylic acids is 3. The molecule has 0 radical (unpaired) electrons. The third-order valence-electron chi connectivity index (χ3n) is 5.41. The zero-order chi connectivity index (χ0) is 25.0. The van der Waals surface area contributed by atoms with E-state index in [1.807, 2.05) is 42.5 Å². The smallest absolute Gasteiger partial charge is 0.344 e. The molecule has 1 heterocycles. The highest BCUT2D eigenvalue weighted by Crippen LogP contribution is 2.27. The first-order valence-electron chi connectivity index (χ1n) is 10.7. The van der Waals surface area contributed by atoms with Crippen molar-refractivity contribution in [1.29, 1.82) is 0 Å². The predicted octanol–water partition coefficient (Wildman–Crippen LogP) is 3.04. The molecule has 1 aliphatic heterocycles. The van der Waals surface area contributed by atoms with E-state index in [2.05, 4.69) is 15.6 Å². The van der Waals surface area contributed by atoms with Crippen molar-refractivity contribution in [1.82, 2.24) is 10.6 Å². The van der Waals surface area contributed by atoms with Crippen LogP contribution >= 0.6 is 0 Å². The van der Waals surface area contributed by atoms with Crippen LogP contribution in [0.3, 0.4) is 0 Å². The highest BCUT2D eigenvalue weighted by Gasteiger charge is 2.35. The largest absolute Gasteiger partial charge is 0.389 e. The zero-order valence-corrected chi connectivity index (χ0v) is 18.9. The van der Waals surface area contributed by atoms with Gasteiger partial charge in [-0.3, -0.25) is 14.4 Å². The number of likely N-dealkylation sites (N-methyl/N-ethyl adjacent to an activating group) is 1. The molecule has 1 unspecified atom stereocenters. The van der Waals surface area contributed by atoms with Crippen molar-refractivity contribution in [3.63, 3.8) is 0 Å². The SMILES string of the molecule is CC(CC(F)(F)F)C(=O)N[C@@H](C)C(=O)N[C@H]1N=C(c2ccccc2)c2ccccc2N(C)C1=O. The molecule has 0 saturated heterocycles. The van der Waals surface area contributed by atoms with Crippen molar-refractivity contribution in [2.24, 2.45) is 10.9 Å². The van der Waals surface area contributed by atoms with Gasteiger partial charge in [-0.25, -0.2) is 4.99 Å². The second-order valence-corrected chi connectivity index (χ2v) is 8.12. The molecule has 10 heteroatoms. The second-order valence-electron chi connectivity index (χ2n) is 8.12. The van der Waals surface area contributed by atoms with Crippen molar-refractivity contribution in [2.45, 2.75) is 38.7 Å². The minimum absolute atomic E-state index is 0.495. The summed E-state index contributed by atoms with van der Waals surface area (Å²) in [4.78, 5) is 43.9. The molecule has 3 amide bonds. The summed E-state index contributed by atoms with van der Waals surface area (Å²) >= 11 is 0. The second kappa shape index (κ2) is 10.1. The highest BCUT2D eigenvalue weighted by atomic mass is 19.4. The fraction of sp³-hybridized carbons (Fsp3) is 0.333. The number of hydrogen-bond acceptors (Lipinski definition) is 4. The summed E-state index contributed by atoms with van der Waals surface area (Å²) < 4.78 is 37.7. The molecule has 180 valence electrons. The van der Waals surface area contributed by atoms with E-state index in [0.29, 0.717) is 17.0 Å². The van der Waals surface area contributed by atoms with Gasteiger partial charge in [-0.2, -0.15) is 13.2 Å². The van der Waals surface area contributed by atoms with Gasteiger partial charge in [-0.05, 0) is 13.0 Å². The molecule has 7 nitrogen and oxygen atoms in total. The average Bonchev–Trinajstić information content (AvgIpc) is 2.89. The van der Waals surface area contributed by atoms with Gasteiger partial charge in [-0.15, -0.1) is 0 Å². The number of para-hydroxylation sites is 1. The summed E-state index contributed by atoms with van der Waals surface area (Å²) in [5.41, 5.74) is 2.53. The van der Waals surface area contributed by atoms with Gasteiger partial charge in [0.2, 0.25) is 18.0 Å². The molecule has 0 saturated carbocycles. The summed E-state index contributed by atoms with van der Waals surface area (Å²) in [7, 11) is 1.56. The Hall–Kier alpha value is -3.69. The molecule has 2 N–H and O–H groups in total. The van der Waals surface area contributed by atoms with Gasteiger partial charge < -0.3 is 15.5 Å². The van der Waals surface area contributed by atoms with Crippen molar-refractivity contribution >= 4 is 29.1 Å². The fourth-order valence-corrected chi connectivity index (χ4v) is 3.56. The molecule has 0 aromatic heterocycles. The van der Waals surface area contributed by atoms with Gasteiger partial charge in [0.05, 0.1) is 17.8 Å². The molecule has 2 aromatic rings. The number of nitrogens with one attached hydrogen (secondary N) is 2. The molecular weight excluding hydrogens is 449 g/mol. The number of nitrogens with zero attached hydrogens (tertiary/aromatic N) is 2. The van der Waals surface area contributed by atoms with Gasteiger partial charge in [-0.1, -0.05) is 55.5 Å². The number of aliphatic imine (C=N–C) groups is 1. The number of benzene rings is 2. The lowest BCUT2D eigenvalue weighted by molar-refractivity contribution is -0.153. The number of carbonyl (C=O) groups is 3. The van der Waals surface area contributed by atoms with E-state index >= 15 is 0 Å². The predicted molar refractivity (Wildman–Crippen MR) is 121 cm³/mol. The quantitative estimate of drug-likeness (QED) is 0.674. The Labute approximate surface area is 195 Å². The van der Waals surface area contributed by atoms with E-state index in [0.717, 1.165) is 12.5 Å². The van der Waals surface area contributed by atoms with Crippen LogP contribution in [0.1, 0.15) is 31.4 Å². The summed E-state index contributed by atoms with van der Waals surface area (Å²) in [5, 5.41) is 4.78. The molecule has 3 atom stereocenters. The van der Waals surface area contributed by atoms with Crippen LogP contribution in [0, 0.1) is 5.92 Å². The number of alkyl halides is 3. The number of hydrogen-bond donors (Lipinski definition) is 2. The van der Waals surface area contributed by atoms with Crippen LogP contribution < -0.4 is 15.5 Å². The summed E-state index contributed by atoms with van der Waals surface area (Å²) in [6.45, 7) is 2.46. The standard InChI is InChI=1S/C24H25F3N4O3/c1-14(13-24(25,26)27)21(32)28-15(2)22(33)30-20-23(34)31(3)18-12-8-7-11-17(18)19(29-20)16-9-5-4-6-10-16/h4-12,14-15,20H,13H2,1-3H3,(H,28,32)(H,30,33)/t14?,15-,20+/m0/s1. The van der Waals surface area contributed by atoms with E-state index in [1.165, 1.54) is 11.8 Å². The van der Waals surface area contributed by atoms with Crippen LogP contribution in [0.4, 0.5) is 18.9 Å². The highest BCUT2D eigenvalue weighted by molar-refractivity contribution is 6.20. The van der Waals surface area contributed by atoms with Crippen molar-refractivity contribution in [2.75, 3.05) is 11.9 Å². The first-order valence-corrected chi connectivity index (χ1v) is 10.7. The Morgan fingerprint density at radius 3 is 2.29 bits per heavy atom. The van der Waals surface area contributed by atoms with Gasteiger partial charge >= 0.3 is 6.18 Å². The Bertz CT molecular complexity index is 1100. The van der Waals surface area contributed by atoms with E-state index in [1.54, 1.807) is 19.2 Å². The Kier molecular flexibility index (Phi) is 7.38. The minimum atomic E-state index is -4.50. The molecule has 0 aliphatic carbocycles. The third-order valence-corrected chi connectivity index (χ3v) is 5.41. The molecule has 0 spiro atoms. The van der Waals surface area contributed by atoms with Crippen LogP contribution in [0.15, 0.2) is 59.6 Å². The molecular formula is C24H25F3N4O3. The van der Waals surface area contributed by atoms with Gasteiger partial charge in [0.15, 0.2) is 0 Å². The molecule has 0 fully saturated rings. The van der Waals surface area contributed by atoms with Crippen LogP contribution in [0.25, 0.3) is 0 Å². The zero-order valence-electron chi connectivity index (χ0n) is 18.9. The van der Waals surface area contributed by atoms with Crippen LogP contribution in [0.5, 0.6) is 0 Å². The van der Waals surface area contributed by atoms with Gasteiger partial charge in [0.1, 0.15) is 6.04 Å². The first-order chi connectivity index (χ1) is 16.0. The molecule has 0 bridgehead atoms. The fourth-order valence-electron chi connectivity index (χ4n) is 3.56. The van der Waals surface area contributed by atoms with Crippen LogP contribution in [0.2, 0.25) is 0 Å². The van der Waals surface area contributed by atoms with E-state index < -0.39 is 48.4 Å². The van der Waals surface area contributed by atoms with Crippen molar-refractivity contribution < 1.29 is 27.6 Å². The summed E-state index contributed by atoms with van der Waals surface area (Å²) in [6.07, 6.45) is -7.11. The number of benzodiazepines with no additional fused rings is 1. The normalized spacial score (nSPS) is 17.7. The van der Waals surface area contributed by atoms with Gasteiger partial charge in [0.25, 0.3) is 5.91 Å².